The number of nitrogens with one attached hydrogen (secondary N) is 1. The van der Waals surface area contributed by atoms with Gasteiger partial charge in [-0.2, -0.15) is 9.78 Å². The summed E-state index contributed by atoms with van der Waals surface area (Å²) in [4.78, 5) is 29.9. The van der Waals surface area contributed by atoms with Gasteiger partial charge in [0.15, 0.2) is 12.4 Å². The summed E-state index contributed by atoms with van der Waals surface area (Å²) in [6, 6.07) is 11.2. The molecular weight excluding hydrogens is 380 g/mol. The molecule has 0 spiro atoms. The van der Waals surface area contributed by atoms with Crippen LogP contribution in [-0.4, -0.2) is 50.1 Å². The highest BCUT2D eigenvalue weighted by molar-refractivity contribution is 6.01. The molecule has 0 fully saturated rings. The standard InChI is InChI=1S/C16H14N10O3/c27-14(19-15-17-9-24(21-15)8-12-4-2-1-3-5-12)13-6-7-23(20-13)11-25-10-18-16(22-25)26(28)29/h1-7,9-10H,8,11H2,(H,19,21,27). The van der Waals surface area contributed by atoms with E-state index in [2.05, 4.69) is 30.6 Å². The molecule has 3 heterocycles. The van der Waals surface area contributed by atoms with Gasteiger partial charge in [-0.1, -0.05) is 35.3 Å². The minimum Gasteiger partial charge on any atom is -0.390 e. The van der Waals surface area contributed by atoms with Crippen LogP contribution < -0.4 is 5.32 Å². The molecule has 1 aromatic carbocycles. The summed E-state index contributed by atoms with van der Waals surface area (Å²) in [6.45, 7) is 0.598. The lowest BCUT2D eigenvalue weighted by Gasteiger charge is -2.00. The van der Waals surface area contributed by atoms with E-state index < -0.39 is 16.8 Å². The lowest BCUT2D eigenvalue weighted by molar-refractivity contribution is -0.394. The van der Waals surface area contributed by atoms with Crippen molar-refractivity contribution in [2.24, 2.45) is 0 Å². The third kappa shape index (κ3) is 4.29. The van der Waals surface area contributed by atoms with E-state index >= 15 is 0 Å². The Morgan fingerprint density at radius 3 is 2.55 bits per heavy atom. The summed E-state index contributed by atoms with van der Waals surface area (Å²) >= 11 is 0. The first-order valence-electron chi connectivity index (χ1n) is 8.39. The van der Waals surface area contributed by atoms with Gasteiger partial charge in [-0.15, -0.1) is 5.10 Å². The maximum atomic E-state index is 12.3. The van der Waals surface area contributed by atoms with E-state index in [1.807, 2.05) is 30.3 Å². The number of nitrogens with zero attached hydrogens (tertiary/aromatic N) is 9. The van der Waals surface area contributed by atoms with Crippen LogP contribution in [-0.2, 0) is 13.2 Å². The molecule has 0 aliphatic carbocycles. The van der Waals surface area contributed by atoms with Gasteiger partial charge >= 0.3 is 5.95 Å². The second kappa shape index (κ2) is 7.67. The number of hydrogen-bond donors (Lipinski definition) is 1. The molecule has 1 amide bonds. The molecule has 0 aliphatic heterocycles. The fourth-order valence-corrected chi connectivity index (χ4v) is 2.51. The Morgan fingerprint density at radius 1 is 1.00 bits per heavy atom. The van der Waals surface area contributed by atoms with Gasteiger partial charge in [-0.25, -0.2) is 14.3 Å². The number of rotatable bonds is 7. The number of benzene rings is 1. The average Bonchev–Trinajstić information content (AvgIpc) is 3.45. The molecule has 13 nitrogen and oxygen atoms in total. The first kappa shape index (κ1) is 18.0. The van der Waals surface area contributed by atoms with Crippen LogP contribution in [0.25, 0.3) is 0 Å². The van der Waals surface area contributed by atoms with Crippen LogP contribution in [0.4, 0.5) is 11.9 Å². The van der Waals surface area contributed by atoms with Gasteiger partial charge in [0, 0.05) is 11.3 Å². The number of carbonyl (C=O) groups is 1. The maximum absolute atomic E-state index is 12.3. The molecular formula is C16H14N10O3. The normalized spacial score (nSPS) is 10.8. The second-order valence-corrected chi connectivity index (χ2v) is 5.93. The van der Waals surface area contributed by atoms with Crippen molar-refractivity contribution in [1.29, 1.82) is 0 Å². The van der Waals surface area contributed by atoms with E-state index in [1.165, 1.54) is 28.1 Å². The zero-order chi connectivity index (χ0) is 20.2. The van der Waals surface area contributed by atoms with E-state index in [0.717, 1.165) is 5.56 Å². The van der Waals surface area contributed by atoms with Gasteiger partial charge < -0.3 is 10.1 Å². The molecule has 0 aliphatic rings. The predicted molar refractivity (Wildman–Crippen MR) is 97.8 cm³/mol. The van der Waals surface area contributed by atoms with Crippen molar-refractivity contribution in [2.45, 2.75) is 13.2 Å². The van der Waals surface area contributed by atoms with E-state index in [4.69, 9.17) is 0 Å². The Kier molecular flexibility index (Phi) is 4.75. The molecule has 0 atom stereocenters. The molecule has 146 valence electrons. The summed E-state index contributed by atoms with van der Waals surface area (Å²) in [7, 11) is 0. The number of anilines is 1. The summed E-state index contributed by atoms with van der Waals surface area (Å²) < 4.78 is 4.25. The van der Waals surface area contributed by atoms with Crippen molar-refractivity contribution < 1.29 is 9.72 Å². The van der Waals surface area contributed by atoms with Gasteiger partial charge in [0.1, 0.15) is 6.33 Å². The number of carbonyl (C=O) groups excluding carboxylic acids is 1. The van der Waals surface area contributed by atoms with Crippen molar-refractivity contribution in [3.8, 4) is 0 Å². The molecule has 0 saturated carbocycles. The fourth-order valence-electron chi connectivity index (χ4n) is 2.51. The third-order valence-electron chi connectivity index (χ3n) is 3.80. The first-order chi connectivity index (χ1) is 14.1. The van der Waals surface area contributed by atoms with Gasteiger partial charge in [0.05, 0.1) is 6.54 Å². The van der Waals surface area contributed by atoms with Crippen molar-refractivity contribution in [3.05, 3.63) is 76.6 Å². The molecule has 3 aromatic heterocycles. The molecule has 13 heteroatoms. The zero-order valence-corrected chi connectivity index (χ0v) is 14.9. The van der Waals surface area contributed by atoms with Crippen LogP contribution in [0, 0.1) is 10.1 Å². The monoisotopic (exact) mass is 394 g/mol. The Labute approximate surface area is 162 Å². The molecule has 29 heavy (non-hydrogen) atoms. The molecule has 1 N–H and O–H groups in total. The van der Waals surface area contributed by atoms with Crippen molar-refractivity contribution in [1.82, 2.24) is 39.3 Å². The van der Waals surface area contributed by atoms with E-state index in [1.54, 1.807) is 10.9 Å². The molecule has 0 unspecified atom stereocenters. The molecule has 0 bridgehead atoms. The van der Waals surface area contributed by atoms with Crippen LogP contribution in [0.5, 0.6) is 0 Å². The Bertz CT molecular complexity index is 1150. The quantitative estimate of drug-likeness (QED) is 0.357. The van der Waals surface area contributed by atoms with Gasteiger partial charge in [-0.05, 0) is 16.6 Å². The lowest BCUT2D eigenvalue weighted by atomic mass is 10.2. The Balaban J connectivity index is 1.37. The van der Waals surface area contributed by atoms with Crippen LogP contribution in [0.2, 0.25) is 0 Å². The SMILES string of the molecule is O=C(Nc1ncn(Cc2ccccc2)n1)c1ccn(Cn2cnc([N+](=O)[O-])n2)n1. The number of amides is 1. The molecule has 0 radical (unpaired) electrons. The van der Waals surface area contributed by atoms with Crippen molar-refractivity contribution >= 4 is 17.8 Å². The topological polar surface area (TPSA) is 151 Å². The summed E-state index contributed by atoms with van der Waals surface area (Å²) in [6.07, 6.45) is 4.28. The average molecular weight is 394 g/mol. The largest absolute Gasteiger partial charge is 0.491 e. The molecule has 4 rings (SSSR count). The van der Waals surface area contributed by atoms with Crippen LogP contribution in [0.15, 0.2) is 55.2 Å². The van der Waals surface area contributed by atoms with Crippen molar-refractivity contribution in [2.75, 3.05) is 5.32 Å². The Hall–Kier alpha value is -4.42. The first-order valence-corrected chi connectivity index (χ1v) is 8.39. The maximum Gasteiger partial charge on any atom is 0.491 e. The van der Waals surface area contributed by atoms with Crippen LogP contribution in [0.3, 0.4) is 0 Å². The van der Waals surface area contributed by atoms with E-state index in [0.29, 0.717) is 6.54 Å². The minimum absolute atomic E-state index is 0.0675. The Morgan fingerprint density at radius 2 is 1.79 bits per heavy atom. The predicted octanol–water partition coefficient (Wildman–Crippen LogP) is 0.781. The highest BCUT2D eigenvalue weighted by Crippen LogP contribution is 2.06. The van der Waals surface area contributed by atoms with Gasteiger partial charge in [0.2, 0.25) is 12.3 Å². The third-order valence-corrected chi connectivity index (χ3v) is 3.80. The highest BCUT2D eigenvalue weighted by Gasteiger charge is 2.15. The smallest absolute Gasteiger partial charge is 0.390 e. The van der Waals surface area contributed by atoms with Crippen LogP contribution in [0.1, 0.15) is 16.1 Å². The molecule has 0 saturated heterocycles. The fraction of sp³-hybridized carbons (Fsp3) is 0.125. The number of aromatic nitrogens is 8. The van der Waals surface area contributed by atoms with Gasteiger partial charge in [-0.3, -0.25) is 10.1 Å². The van der Waals surface area contributed by atoms with Gasteiger partial charge in [0.25, 0.3) is 5.91 Å². The number of hydrogen-bond acceptors (Lipinski definition) is 8. The van der Waals surface area contributed by atoms with E-state index in [-0.39, 0.29) is 18.3 Å². The summed E-state index contributed by atoms with van der Waals surface area (Å²) in [5, 5.41) is 25.2. The highest BCUT2D eigenvalue weighted by atomic mass is 16.6. The number of nitro groups is 1. The van der Waals surface area contributed by atoms with Crippen molar-refractivity contribution in [3.63, 3.8) is 0 Å². The lowest BCUT2D eigenvalue weighted by Crippen LogP contribution is -2.16. The molecule has 4 aromatic rings. The van der Waals surface area contributed by atoms with E-state index in [9.17, 15) is 14.9 Å². The minimum atomic E-state index is -0.692. The second-order valence-electron chi connectivity index (χ2n) is 5.93. The summed E-state index contributed by atoms with van der Waals surface area (Å²) in [5.74, 6) is -0.828. The zero-order valence-electron chi connectivity index (χ0n) is 14.9. The summed E-state index contributed by atoms with van der Waals surface area (Å²) in [5.41, 5.74) is 1.20. The van der Waals surface area contributed by atoms with Crippen LogP contribution >= 0.6 is 0 Å².